The number of imidazole rings is 1. The third-order valence-electron chi connectivity index (χ3n) is 4.15. The van der Waals surface area contributed by atoms with Crippen LogP contribution in [0.5, 0.6) is 0 Å². The molecule has 0 aliphatic rings. The van der Waals surface area contributed by atoms with Crippen LogP contribution in [0.4, 0.5) is 0 Å². The fourth-order valence-electron chi connectivity index (χ4n) is 2.95. The van der Waals surface area contributed by atoms with Crippen molar-refractivity contribution in [2.45, 2.75) is 14.4 Å². The molecule has 5 aromatic rings. The average Bonchev–Trinajstić information content (AvgIpc) is 3.24. The molecule has 3 nitrogen and oxygen atoms in total. The number of hydrogen-bond donors (Lipinski definition) is 2. The Kier molecular flexibility index (Phi) is 3.96. The largest absolute Gasteiger partial charge is 0.333 e. The number of hydrogen-bond acceptors (Lipinski definition) is 5. The second kappa shape index (κ2) is 6.46. The molecule has 0 bridgehead atoms. The lowest BCUT2D eigenvalue weighted by atomic mass is 10.0. The highest BCUT2D eigenvalue weighted by Crippen LogP contribution is 2.38. The summed E-state index contributed by atoms with van der Waals surface area (Å²) in [5, 5.41) is 0.862. The van der Waals surface area contributed by atoms with Crippen LogP contribution in [0.1, 0.15) is 0 Å². The number of benzene rings is 3. The minimum absolute atomic E-state index is 0.862. The maximum absolute atomic E-state index is 4.88. The summed E-state index contributed by atoms with van der Waals surface area (Å²) in [6.07, 6.45) is 0. The number of nitrogens with zero attached hydrogens (tertiary/aromatic N) is 2. The normalized spacial score (nSPS) is 11.4. The molecule has 0 amide bonds. The van der Waals surface area contributed by atoms with Gasteiger partial charge in [-0.2, -0.15) is 0 Å². The van der Waals surface area contributed by atoms with E-state index in [1.807, 2.05) is 42.5 Å². The van der Waals surface area contributed by atoms with Gasteiger partial charge in [0.25, 0.3) is 0 Å². The average molecular weight is 392 g/mol. The smallest absolute Gasteiger partial charge is 0.173 e. The van der Waals surface area contributed by atoms with Crippen LogP contribution in [-0.2, 0) is 0 Å². The van der Waals surface area contributed by atoms with Crippen LogP contribution in [0.2, 0.25) is 0 Å². The standard InChI is InChI=1S/C20H13N3S3/c24-16-10-4-1-6-12(16)13-7-5-11-17-18(13)23-20(25-17)26-19-21-14-8-2-3-9-15(14)22-19/h1-11,24H,(H,21,22). The van der Waals surface area contributed by atoms with Gasteiger partial charge in [-0.05, 0) is 41.6 Å². The van der Waals surface area contributed by atoms with E-state index in [1.54, 1.807) is 23.1 Å². The quantitative estimate of drug-likeness (QED) is 0.356. The van der Waals surface area contributed by atoms with Gasteiger partial charge >= 0.3 is 0 Å². The van der Waals surface area contributed by atoms with Gasteiger partial charge in [0.2, 0.25) is 0 Å². The molecular formula is C20H13N3S3. The van der Waals surface area contributed by atoms with E-state index in [2.05, 4.69) is 46.9 Å². The van der Waals surface area contributed by atoms with Crippen molar-refractivity contribution in [2.75, 3.05) is 0 Å². The van der Waals surface area contributed by atoms with Crippen molar-refractivity contribution in [2.24, 2.45) is 0 Å². The molecule has 26 heavy (non-hydrogen) atoms. The van der Waals surface area contributed by atoms with Crippen LogP contribution in [0, 0.1) is 0 Å². The Bertz CT molecular complexity index is 1210. The minimum Gasteiger partial charge on any atom is -0.333 e. The van der Waals surface area contributed by atoms with Crippen molar-refractivity contribution in [3.05, 3.63) is 66.7 Å². The molecule has 3 aromatic carbocycles. The fraction of sp³-hybridized carbons (Fsp3) is 0. The van der Waals surface area contributed by atoms with E-state index in [9.17, 15) is 0 Å². The van der Waals surface area contributed by atoms with E-state index < -0.39 is 0 Å². The second-order valence-electron chi connectivity index (χ2n) is 5.81. The monoisotopic (exact) mass is 391 g/mol. The van der Waals surface area contributed by atoms with Crippen molar-refractivity contribution >= 4 is 57.0 Å². The summed E-state index contributed by atoms with van der Waals surface area (Å²) in [7, 11) is 0. The zero-order valence-electron chi connectivity index (χ0n) is 13.5. The van der Waals surface area contributed by atoms with E-state index in [0.717, 1.165) is 46.8 Å². The highest BCUT2D eigenvalue weighted by Gasteiger charge is 2.13. The SMILES string of the molecule is Sc1ccccc1-c1cccc2sc(Sc3nc4ccccc4[nH]3)nc12. The number of nitrogens with one attached hydrogen (secondary N) is 1. The zero-order valence-corrected chi connectivity index (χ0v) is 16.0. The lowest BCUT2D eigenvalue weighted by molar-refractivity contribution is 1.08. The van der Waals surface area contributed by atoms with Crippen LogP contribution >= 0.6 is 35.7 Å². The molecule has 2 aromatic heterocycles. The number of rotatable bonds is 3. The van der Waals surface area contributed by atoms with Crippen LogP contribution in [-0.4, -0.2) is 15.0 Å². The van der Waals surface area contributed by atoms with Gasteiger partial charge in [-0.3, -0.25) is 0 Å². The highest BCUT2D eigenvalue weighted by atomic mass is 32.2. The van der Waals surface area contributed by atoms with Crippen LogP contribution < -0.4 is 0 Å². The summed E-state index contributed by atoms with van der Waals surface area (Å²) in [5.74, 6) is 0. The summed E-state index contributed by atoms with van der Waals surface area (Å²) < 4.78 is 2.14. The van der Waals surface area contributed by atoms with Crippen LogP contribution in [0.25, 0.3) is 32.4 Å². The zero-order chi connectivity index (χ0) is 17.5. The Morgan fingerprint density at radius 3 is 2.54 bits per heavy atom. The van der Waals surface area contributed by atoms with Crippen molar-refractivity contribution in [3.63, 3.8) is 0 Å². The van der Waals surface area contributed by atoms with E-state index >= 15 is 0 Å². The lowest BCUT2D eigenvalue weighted by Crippen LogP contribution is -1.82. The van der Waals surface area contributed by atoms with Crippen LogP contribution in [0.3, 0.4) is 0 Å². The van der Waals surface area contributed by atoms with Gasteiger partial charge in [0.05, 0.1) is 21.3 Å². The van der Waals surface area contributed by atoms with Gasteiger partial charge in [-0.25, -0.2) is 9.97 Å². The molecule has 0 radical (unpaired) electrons. The van der Waals surface area contributed by atoms with Gasteiger partial charge < -0.3 is 4.98 Å². The second-order valence-corrected chi connectivity index (χ2v) is 8.56. The Labute approximate surface area is 163 Å². The summed E-state index contributed by atoms with van der Waals surface area (Å²) in [6.45, 7) is 0. The fourth-order valence-corrected chi connectivity index (χ4v) is 5.24. The topological polar surface area (TPSA) is 41.6 Å². The molecule has 0 atom stereocenters. The summed E-state index contributed by atoms with van der Waals surface area (Å²) in [5.41, 5.74) is 5.24. The lowest BCUT2D eigenvalue weighted by Gasteiger charge is -2.05. The first-order chi connectivity index (χ1) is 12.8. The Hall–Kier alpha value is -2.28. The predicted molar refractivity (Wildman–Crippen MR) is 113 cm³/mol. The van der Waals surface area contributed by atoms with Crippen molar-refractivity contribution in [1.82, 2.24) is 15.0 Å². The molecule has 0 aliphatic carbocycles. The van der Waals surface area contributed by atoms with Gasteiger partial charge in [-0.15, -0.1) is 24.0 Å². The molecule has 0 spiro atoms. The molecule has 0 saturated carbocycles. The van der Waals surface area contributed by atoms with Crippen molar-refractivity contribution in [3.8, 4) is 11.1 Å². The molecule has 5 rings (SSSR count). The number of thiazole rings is 1. The van der Waals surface area contributed by atoms with E-state index in [-0.39, 0.29) is 0 Å². The maximum Gasteiger partial charge on any atom is 0.173 e. The Morgan fingerprint density at radius 1 is 0.846 bits per heavy atom. The van der Waals surface area contributed by atoms with Gasteiger partial charge in [-0.1, -0.05) is 42.5 Å². The third kappa shape index (κ3) is 2.80. The summed E-state index contributed by atoms with van der Waals surface area (Å²) in [4.78, 5) is 13.8. The molecule has 0 saturated heterocycles. The van der Waals surface area contributed by atoms with Crippen molar-refractivity contribution in [1.29, 1.82) is 0 Å². The summed E-state index contributed by atoms with van der Waals surface area (Å²) in [6, 6.07) is 22.5. The molecule has 0 unspecified atom stereocenters. The number of aromatic nitrogens is 3. The van der Waals surface area contributed by atoms with E-state index in [4.69, 9.17) is 4.98 Å². The van der Waals surface area contributed by atoms with E-state index in [0.29, 0.717) is 0 Å². The molecule has 6 heteroatoms. The van der Waals surface area contributed by atoms with E-state index in [1.165, 1.54) is 0 Å². The first-order valence-electron chi connectivity index (χ1n) is 8.08. The molecule has 0 aliphatic heterocycles. The van der Waals surface area contributed by atoms with Crippen LogP contribution in [0.15, 0.2) is 81.1 Å². The first-order valence-corrected chi connectivity index (χ1v) is 10.2. The molecular weight excluding hydrogens is 378 g/mol. The molecule has 126 valence electrons. The maximum atomic E-state index is 4.88. The highest BCUT2D eigenvalue weighted by molar-refractivity contribution is 8.01. The number of H-pyrrole nitrogens is 1. The number of fused-ring (bicyclic) bond motifs is 2. The molecule has 0 fully saturated rings. The predicted octanol–water partition coefficient (Wildman–Crippen LogP) is 6.28. The Morgan fingerprint density at radius 2 is 1.65 bits per heavy atom. The van der Waals surface area contributed by atoms with Gasteiger partial charge in [0, 0.05) is 10.5 Å². The third-order valence-corrected chi connectivity index (χ3v) is 6.50. The number of para-hydroxylation sites is 3. The first kappa shape index (κ1) is 15.9. The molecule has 1 N–H and O–H groups in total. The minimum atomic E-state index is 0.862. The van der Waals surface area contributed by atoms with Gasteiger partial charge in [0.1, 0.15) is 0 Å². The Balaban J connectivity index is 1.58. The van der Waals surface area contributed by atoms with Gasteiger partial charge in [0.15, 0.2) is 9.50 Å². The van der Waals surface area contributed by atoms with Crippen molar-refractivity contribution < 1.29 is 0 Å². The number of thiol groups is 1. The molecule has 2 heterocycles. The summed E-state index contributed by atoms with van der Waals surface area (Å²) >= 11 is 7.86. The number of aromatic amines is 1.